The summed E-state index contributed by atoms with van der Waals surface area (Å²) in [6, 6.07) is 6.10. The molecule has 0 fully saturated rings. The van der Waals surface area contributed by atoms with Gasteiger partial charge < -0.3 is 20.5 Å². The Bertz CT molecular complexity index is 585. The van der Waals surface area contributed by atoms with E-state index in [1.807, 2.05) is 25.1 Å². The van der Waals surface area contributed by atoms with Gasteiger partial charge in [0, 0.05) is 6.54 Å². The van der Waals surface area contributed by atoms with Gasteiger partial charge in [-0.1, -0.05) is 6.07 Å². The first kappa shape index (κ1) is 13.5. The van der Waals surface area contributed by atoms with E-state index >= 15 is 0 Å². The van der Waals surface area contributed by atoms with Gasteiger partial charge in [0.25, 0.3) is 0 Å². The van der Waals surface area contributed by atoms with Gasteiger partial charge in [0.1, 0.15) is 0 Å². The van der Waals surface area contributed by atoms with Crippen LogP contribution in [0.15, 0.2) is 28.2 Å². The molecule has 1 aromatic rings. The highest BCUT2D eigenvalue weighted by atomic mass is 16.7. The van der Waals surface area contributed by atoms with Gasteiger partial charge in [0.15, 0.2) is 23.4 Å². The van der Waals surface area contributed by atoms with Crippen molar-refractivity contribution in [1.29, 1.82) is 0 Å². The molecule has 1 unspecified atom stereocenters. The number of nitrogens with zero attached hydrogens (tertiary/aromatic N) is 2. The normalized spacial score (nSPS) is 20.1. The lowest BCUT2D eigenvalue weighted by Crippen LogP contribution is -2.44. The Hall–Kier alpha value is -2.44. The van der Waals surface area contributed by atoms with Crippen molar-refractivity contribution < 1.29 is 9.47 Å². The molecule has 0 saturated heterocycles. The Morgan fingerprint density at radius 3 is 3.14 bits per heavy atom. The number of hydrogen-bond acceptors (Lipinski definition) is 7. The standard InChI is InChI=1S/C14H19N5O2/c1-9-7-17-13(15)19-14(18-9)16-5-4-10-2-3-11-12(6-10)21-8-20-11/h2-3,6,9H,4-5,7-8H2,1H3,(H4,15,16,17,18,19). The molecule has 0 spiro atoms. The Morgan fingerprint density at radius 2 is 2.24 bits per heavy atom. The highest BCUT2D eigenvalue weighted by Crippen LogP contribution is 2.32. The van der Waals surface area contributed by atoms with Gasteiger partial charge in [0.05, 0.1) is 12.6 Å². The second-order valence-corrected chi connectivity index (χ2v) is 5.04. The van der Waals surface area contributed by atoms with Crippen LogP contribution in [0.25, 0.3) is 0 Å². The molecule has 0 saturated carbocycles. The number of hydrogen-bond donors (Lipinski definition) is 3. The van der Waals surface area contributed by atoms with E-state index in [0.717, 1.165) is 24.5 Å². The molecule has 7 heteroatoms. The second-order valence-electron chi connectivity index (χ2n) is 5.04. The highest BCUT2D eigenvalue weighted by molar-refractivity contribution is 5.98. The summed E-state index contributed by atoms with van der Waals surface area (Å²) in [6.45, 7) is 3.65. The minimum atomic E-state index is 0.117. The summed E-state index contributed by atoms with van der Waals surface area (Å²) in [5, 5.41) is 6.20. The van der Waals surface area contributed by atoms with Gasteiger partial charge in [0.2, 0.25) is 6.79 Å². The number of nitrogens with one attached hydrogen (secondary N) is 2. The Kier molecular flexibility index (Phi) is 3.81. The topological polar surface area (TPSA) is 93.3 Å². The van der Waals surface area contributed by atoms with E-state index in [9.17, 15) is 0 Å². The lowest BCUT2D eigenvalue weighted by molar-refractivity contribution is 0.174. The SMILES string of the molecule is CC1CN=C(N)NC(NCCc2ccc3c(c2)OCO3)=N1. The number of ether oxygens (including phenoxy) is 2. The summed E-state index contributed by atoms with van der Waals surface area (Å²) in [7, 11) is 0. The lowest BCUT2D eigenvalue weighted by atomic mass is 10.1. The molecule has 2 heterocycles. The number of benzene rings is 1. The monoisotopic (exact) mass is 289 g/mol. The third-order valence-electron chi connectivity index (χ3n) is 3.26. The predicted octanol–water partition coefficient (Wildman–Crippen LogP) is 0.210. The fourth-order valence-corrected chi connectivity index (χ4v) is 2.20. The van der Waals surface area contributed by atoms with Crippen molar-refractivity contribution >= 4 is 11.9 Å². The summed E-state index contributed by atoms with van der Waals surface area (Å²) in [4.78, 5) is 8.63. The zero-order chi connectivity index (χ0) is 14.7. The van der Waals surface area contributed by atoms with Crippen molar-refractivity contribution in [2.45, 2.75) is 19.4 Å². The Labute approximate surface area is 123 Å². The molecular formula is C14H19N5O2. The number of guanidine groups is 2. The van der Waals surface area contributed by atoms with Crippen LogP contribution in [0.1, 0.15) is 12.5 Å². The number of aliphatic imine (C=N–C) groups is 2. The van der Waals surface area contributed by atoms with Gasteiger partial charge in [-0.2, -0.15) is 0 Å². The molecule has 0 bridgehead atoms. The van der Waals surface area contributed by atoms with Gasteiger partial charge >= 0.3 is 0 Å². The average Bonchev–Trinajstić information content (AvgIpc) is 2.86. The van der Waals surface area contributed by atoms with Gasteiger partial charge in [-0.15, -0.1) is 0 Å². The smallest absolute Gasteiger partial charge is 0.231 e. The Morgan fingerprint density at radius 1 is 1.38 bits per heavy atom. The van der Waals surface area contributed by atoms with Crippen molar-refractivity contribution in [3.05, 3.63) is 23.8 Å². The van der Waals surface area contributed by atoms with E-state index in [1.165, 1.54) is 5.56 Å². The number of nitrogens with two attached hydrogens (primary N) is 1. The third kappa shape index (κ3) is 3.36. The molecule has 1 aromatic carbocycles. The molecule has 0 radical (unpaired) electrons. The van der Waals surface area contributed by atoms with E-state index in [4.69, 9.17) is 15.2 Å². The summed E-state index contributed by atoms with van der Waals surface area (Å²) in [5.74, 6) is 2.68. The lowest BCUT2D eigenvalue weighted by Gasteiger charge is -2.11. The first-order valence-corrected chi connectivity index (χ1v) is 6.98. The summed E-state index contributed by atoms with van der Waals surface area (Å²) < 4.78 is 10.7. The van der Waals surface area contributed by atoms with Crippen LogP contribution in [0, 0.1) is 0 Å². The molecule has 1 atom stereocenters. The van der Waals surface area contributed by atoms with Crippen LogP contribution >= 0.6 is 0 Å². The minimum absolute atomic E-state index is 0.117. The first-order chi connectivity index (χ1) is 10.2. The van der Waals surface area contributed by atoms with Crippen LogP contribution in [-0.4, -0.2) is 37.8 Å². The highest BCUT2D eigenvalue weighted by Gasteiger charge is 2.13. The summed E-state index contributed by atoms with van der Waals surface area (Å²) >= 11 is 0. The third-order valence-corrected chi connectivity index (χ3v) is 3.26. The zero-order valence-corrected chi connectivity index (χ0v) is 11.9. The van der Waals surface area contributed by atoms with E-state index in [-0.39, 0.29) is 6.04 Å². The van der Waals surface area contributed by atoms with Gasteiger partial charge in [-0.3, -0.25) is 10.3 Å². The molecule has 7 nitrogen and oxygen atoms in total. The minimum Gasteiger partial charge on any atom is -0.454 e. The van der Waals surface area contributed by atoms with Crippen LogP contribution in [0.3, 0.4) is 0 Å². The van der Waals surface area contributed by atoms with Gasteiger partial charge in [-0.25, -0.2) is 4.99 Å². The predicted molar refractivity (Wildman–Crippen MR) is 80.8 cm³/mol. The van der Waals surface area contributed by atoms with E-state index < -0.39 is 0 Å². The largest absolute Gasteiger partial charge is 0.454 e. The molecule has 0 amide bonds. The van der Waals surface area contributed by atoms with Crippen molar-refractivity contribution in [2.24, 2.45) is 15.7 Å². The fraction of sp³-hybridized carbons (Fsp3) is 0.429. The molecule has 4 N–H and O–H groups in total. The van der Waals surface area contributed by atoms with E-state index in [1.54, 1.807) is 0 Å². The molecule has 21 heavy (non-hydrogen) atoms. The summed E-state index contributed by atoms with van der Waals surface area (Å²) in [6.07, 6.45) is 0.850. The molecule has 0 aromatic heterocycles. The number of rotatable bonds is 3. The molecule has 0 aliphatic carbocycles. The van der Waals surface area contributed by atoms with Crippen LogP contribution in [0.5, 0.6) is 11.5 Å². The second kappa shape index (κ2) is 5.90. The van der Waals surface area contributed by atoms with Crippen LogP contribution in [-0.2, 0) is 6.42 Å². The summed E-state index contributed by atoms with van der Waals surface area (Å²) in [5.41, 5.74) is 6.90. The van der Waals surface area contributed by atoms with E-state index in [0.29, 0.717) is 25.3 Å². The average molecular weight is 289 g/mol. The molecule has 2 aliphatic heterocycles. The molecule has 112 valence electrons. The van der Waals surface area contributed by atoms with Gasteiger partial charge in [-0.05, 0) is 31.0 Å². The van der Waals surface area contributed by atoms with Crippen LogP contribution in [0.2, 0.25) is 0 Å². The fourth-order valence-electron chi connectivity index (χ4n) is 2.20. The van der Waals surface area contributed by atoms with Crippen molar-refractivity contribution in [1.82, 2.24) is 10.6 Å². The quantitative estimate of drug-likeness (QED) is 0.739. The first-order valence-electron chi connectivity index (χ1n) is 6.98. The number of fused-ring (bicyclic) bond motifs is 1. The van der Waals surface area contributed by atoms with Crippen molar-refractivity contribution in [3.63, 3.8) is 0 Å². The maximum atomic E-state index is 5.72. The zero-order valence-electron chi connectivity index (χ0n) is 11.9. The Balaban J connectivity index is 1.55. The molecule has 2 aliphatic rings. The van der Waals surface area contributed by atoms with Crippen molar-refractivity contribution in [2.75, 3.05) is 19.9 Å². The van der Waals surface area contributed by atoms with Crippen LogP contribution < -0.4 is 25.8 Å². The maximum absolute atomic E-state index is 5.72. The van der Waals surface area contributed by atoms with Crippen LogP contribution in [0.4, 0.5) is 0 Å². The van der Waals surface area contributed by atoms with E-state index in [2.05, 4.69) is 20.6 Å². The molecule has 3 rings (SSSR count). The van der Waals surface area contributed by atoms with Crippen molar-refractivity contribution in [3.8, 4) is 11.5 Å². The molecular weight excluding hydrogens is 270 g/mol. The maximum Gasteiger partial charge on any atom is 0.231 e.